The molecule has 1 aliphatic rings. The topological polar surface area (TPSA) is 107 Å². The van der Waals surface area contributed by atoms with Crippen molar-refractivity contribution in [3.8, 4) is 22.9 Å². The van der Waals surface area contributed by atoms with Crippen LogP contribution in [-0.2, 0) is 11.3 Å². The fraction of sp³-hybridized carbons (Fsp3) is 0.417. The highest BCUT2D eigenvalue weighted by Gasteiger charge is 2.20. The van der Waals surface area contributed by atoms with E-state index >= 15 is 0 Å². The standard InChI is InChI=1S/C24H27F2N5O4/c1-14(2)29-20(32)13-31-22(15-4-3-5-17(10-15)35-24(25)26)30-21-19(23(31)33)11-18(12-28-21)34-16-6-8-27-9-7-16/h3-5,10-12,14,16,24,27H,6-9,13H2,1-2H3,(H,29,32). The summed E-state index contributed by atoms with van der Waals surface area (Å²) in [6.45, 7) is 1.99. The van der Waals surface area contributed by atoms with Gasteiger partial charge in [0, 0.05) is 11.6 Å². The van der Waals surface area contributed by atoms with Crippen LogP contribution in [0.25, 0.3) is 22.4 Å². The van der Waals surface area contributed by atoms with Gasteiger partial charge in [-0.3, -0.25) is 14.2 Å². The molecule has 0 atom stereocenters. The van der Waals surface area contributed by atoms with Gasteiger partial charge in [-0.25, -0.2) is 9.97 Å². The van der Waals surface area contributed by atoms with Crippen molar-refractivity contribution in [3.63, 3.8) is 0 Å². The maximum Gasteiger partial charge on any atom is 0.387 e. The van der Waals surface area contributed by atoms with Crippen molar-refractivity contribution in [2.45, 2.75) is 52.0 Å². The van der Waals surface area contributed by atoms with Gasteiger partial charge in [0.05, 0.1) is 11.6 Å². The van der Waals surface area contributed by atoms with Gasteiger partial charge in [0.2, 0.25) is 5.91 Å². The zero-order chi connectivity index (χ0) is 24.9. The molecule has 4 rings (SSSR count). The monoisotopic (exact) mass is 487 g/mol. The summed E-state index contributed by atoms with van der Waals surface area (Å²) in [6, 6.07) is 7.25. The fourth-order valence-corrected chi connectivity index (χ4v) is 3.95. The van der Waals surface area contributed by atoms with E-state index in [-0.39, 0.29) is 47.2 Å². The molecule has 0 bridgehead atoms. The fourth-order valence-electron chi connectivity index (χ4n) is 3.95. The van der Waals surface area contributed by atoms with Crippen molar-refractivity contribution in [1.29, 1.82) is 0 Å². The van der Waals surface area contributed by atoms with Crippen LogP contribution in [0.1, 0.15) is 26.7 Å². The highest BCUT2D eigenvalue weighted by Crippen LogP contribution is 2.25. The largest absolute Gasteiger partial charge is 0.489 e. The first-order valence-corrected chi connectivity index (χ1v) is 11.4. The lowest BCUT2D eigenvalue weighted by molar-refractivity contribution is -0.122. The second kappa shape index (κ2) is 10.8. The molecule has 0 spiro atoms. The number of nitrogens with zero attached hydrogens (tertiary/aromatic N) is 3. The van der Waals surface area contributed by atoms with Crippen molar-refractivity contribution in [2.75, 3.05) is 13.1 Å². The molecule has 1 saturated heterocycles. The predicted molar refractivity (Wildman–Crippen MR) is 126 cm³/mol. The molecule has 1 amide bonds. The van der Waals surface area contributed by atoms with E-state index in [1.165, 1.54) is 29.0 Å². The Morgan fingerprint density at radius 1 is 1.23 bits per heavy atom. The Hall–Kier alpha value is -3.60. The highest BCUT2D eigenvalue weighted by molar-refractivity contribution is 5.80. The average Bonchev–Trinajstić information content (AvgIpc) is 2.81. The number of hydrogen-bond acceptors (Lipinski definition) is 7. The second-order valence-electron chi connectivity index (χ2n) is 8.56. The molecule has 2 N–H and O–H groups in total. The van der Waals surface area contributed by atoms with Crippen molar-refractivity contribution in [2.24, 2.45) is 0 Å². The molecule has 3 aromatic rings. The summed E-state index contributed by atoms with van der Waals surface area (Å²) in [5.41, 5.74) is -0.00737. The van der Waals surface area contributed by atoms with E-state index in [0.29, 0.717) is 11.3 Å². The van der Waals surface area contributed by atoms with E-state index in [2.05, 4.69) is 25.3 Å². The normalized spacial score (nSPS) is 14.5. The molecule has 1 aromatic carbocycles. The molecular weight excluding hydrogens is 460 g/mol. The average molecular weight is 488 g/mol. The van der Waals surface area contributed by atoms with E-state index in [4.69, 9.17) is 4.74 Å². The van der Waals surface area contributed by atoms with Gasteiger partial charge in [-0.1, -0.05) is 12.1 Å². The molecule has 11 heteroatoms. The smallest absolute Gasteiger partial charge is 0.387 e. The van der Waals surface area contributed by atoms with Crippen LogP contribution in [0.3, 0.4) is 0 Å². The lowest BCUT2D eigenvalue weighted by atomic mass is 10.1. The van der Waals surface area contributed by atoms with Crippen LogP contribution in [0, 0.1) is 0 Å². The van der Waals surface area contributed by atoms with Crippen LogP contribution in [0.2, 0.25) is 0 Å². The van der Waals surface area contributed by atoms with Crippen LogP contribution in [-0.4, -0.2) is 52.3 Å². The van der Waals surface area contributed by atoms with Gasteiger partial charge in [0.25, 0.3) is 5.56 Å². The van der Waals surface area contributed by atoms with Gasteiger partial charge in [-0.15, -0.1) is 0 Å². The van der Waals surface area contributed by atoms with Crippen LogP contribution in [0.15, 0.2) is 41.3 Å². The molecule has 186 valence electrons. The lowest BCUT2D eigenvalue weighted by Crippen LogP contribution is -2.37. The predicted octanol–water partition coefficient (Wildman–Crippen LogP) is 2.72. The zero-order valence-electron chi connectivity index (χ0n) is 19.5. The molecule has 0 radical (unpaired) electrons. The number of alkyl halides is 2. The van der Waals surface area contributed by atoms with Crippen molar-refractivity contribution < 1.29 is 23.0 Å². The molecule has 2 aromatic heterocycles. The summed E-state index contributed by atoms with van der Waals surface area (Å²) in [7, 11) is 0. The third-order valence-electron chi connectivity index (χ3n) is 5.44. The quantitative estimate of drug-likeness (QED) is 0.503. The number of benzene rings is 1. The summed E-state index contributed by atoms with van der Waals surface area (Å²) in [4.78, 5) is 34.9. The number of rotatable bonds is 8. The van der Waals surface area contributed by atoms with Gasteiger partial charge in [0.1, 0.15) is 30.0 Å². The van der Waals surface area contributed by atoms with Crippen LogP contribution >= 0.6 is 0 Å². The molecule has 9 nitrogen and oxygen atoms in total. The number of amides is 1. The van der Waals surface area contributed by atoms with Gasteiger partial charge < -0.3 is 20.1 Å². The summed E-state index contributed by atoms with van der Waals surface area (Å²) < 4.78 is 37.2. The van der Waals surface area contributed by atoms with Gasteiger partial charge >= 0.3 is 6.61 Å². The summed E-state index contributed by atoms with van der Waals surface area (Å²) >= 11 is 0. The Kier molecular flexibility index (Phi) is 7.54. The molecule has 0 unspecified atom stereocenters. The maximum atomic E-state index is 13.5. The Balaban J connectivity index is 1.78. The van der Waals surface area contributed by atoms with Gasteiger partial charge in [-0.2, -0.15) is 8.78 Å². The lowest BCUT2D eigenvalue weighted by Gasteiger charge is -2.23. The molecule has 0 aliphatic carbocycles. The zero-order valence-corrected chi connectivity index (χ0v) is 19.5. The van der Waals surface area contributed by atoms with Crippen LogP contribution in [0.5, 0.6) is 11.5 Å². The van der Waals surface area contributed by atoms with Crippen molar-refractivity contribution in [1.82, 2.24) is 25.2 Å². The first kappa shape index (κ1) is 24.5. The molecular formula is C24H27F2N5O4. The Morgan fingerprint density at radius 2 is 2.00 bits per heavy atom. The van der Waals surface area contributed by atoms with Gasteiger partial charge in [-0.05, 0) is 58.0 Å². The molecule has 3 heterocycles. The first-order valence-electron chi connectivity index (χ1n) is 11.4. The molecule has 0 saturated carbocycles. The molecule has 1 fully saturated rings. The number of fused-ring (bicyclic) bond motifs is 1. The number of nitrogens with one attached hydrogen (secondary N) is 2. The van der Waals surface area contributed by atoms with E-state index < -0.39 is 12.2 Å². The Morgan fingerprint density at radius 3 is 2.71 bits per heavy atom. The molecule has 1 aliphatic heterocycles. The van der Waals surface area contributed by atoms with Crippen LogP contribution in [0.4, 0.5) is 8.78 Å². The number of ether oxygens (including phenoxy) is 2. The summed E-state index contributed by atoms with van der Waals surface area (Å²) in [5.74, 6) is 0.0745. The third kappa shape index (κ3) is 6.10. The number of halogens is 2. The van der Waals surface area contributed by atoms with E-state index in [0.717, 1.165) is 25.9 Å². The number of carbonyl (C=O) groups is 1. The summed E-state index contributed by atoms with van der Waals surface area (Å²) in [6.07, 6.45) is 3.20. The molecule has 35 heavy (non-hydrogen) atoms. The highest BCUT2D eigenvalue weighted by atomic mass is 19.3. The van der Waals surface area contributed by atoms with Crippen molar-refractivity contribution >= 4 is 16.9 Å². The van der Waals surface area contributed by atoms with E-state index in [1.807, 2.05) is 0 Å². The minimum absolute atomic E-state index is 0.0133. The SMILES string of the molecule is CC(C)NC(=O)Cn1c(-c2cccc(OC(F)F)c2)nc2ncc(OC3CCNCC3)cc2c1=O. The Labute approximate surface area is 200 Å². The second-order valence-corrected chi connectivity index (χ2v) is 8.56. The van der Waals surface area contributed by atoms with E-state index in [9.17, 15) is 18.4 Å². The van der Waals surface area contributed by atoms with Crippen LogP contribution < -0.4 is 25.7 Å². The minimum atomic E-state index is -3.01. The number of hydrogen-bond donors (Lipinski definition) is 2. The Bertz CT molecular complexity index is 1260. The first-order chi connectivity index (χ1) is 16.8. The van der Waals surface area contributed by atoms with E-state index in [1.54, 1.807) is 26.0 Å². The van der Waals surface area contributed by atoms with Gasteiger partial charge in [0.15, 0.2) is 5.65 Å². The summed E-state index contributed by atoms with van der Waals surface area (Å²) in [5, 5.41) is 6.21. The number of pyridine rings is 1. The minimum Gasteiger partial charge on any atom is -0.489 e. The number of carbonyl (C=O) groups excluding carboxylic acids is 1. The third-order valence-corrected chi connectivity index (χ3v) is 5.44. The number of piperidine rings is 1. The number of aromatic nitrogens is 3. The maximum absolute atomic E-state index is 13.5. The van der Waals surface area contributed by atoms with Crippen molar-refractivity contribution in [3.05, 3.63) is 46.9 Å².